The molecule has 0 spiro atoms. The molecule has 0 amide bonds. The Hall–Kier alpha value is -1.31. The van der Waals surface area contributed by atoms with Crippen LogP contribution in [0.2, 0.25) is 0 Å². The zero-order chi connectivity index (χ0) is 12.3. The van der Waals surface area contributed by atoms with Gasteiger partial charge in [0.2, 0.25) is 0 Å². The maximum Gasteiger partial charge on any atom is 0.150 e. The van der Waals surface area contributed by atoms with E-state index in [0.717, 1.165) is 30.6 Å². The Kier molecular flexibility index (Phi) is 3.82. The predicted octanol–water partition coefficient (Wildman–Crippen LogP) is 3.89. The first-order valence-corrected chi connectivity index (χ1v) is 6.49. The van der Waals surface area contributed by atoms with Crippen LogP contribution in [0.5, 0.6) is 5.75 Å². The minimum atomic E-state index is 0.286. The van der Waals surface area contributed by atoms with Gasteiger partial charge in [-0.1, -0.05) is 38.3 Å². The van der Waals surface area contributed by atoms with E-state index in [2.05, 4.69) is 6.92 Å². The molecular formula is C15H20O2. The van der Waals surface area contributed by atoms with E-state index >= 15 is 0 Å². The molecule has 2 heteroatoms. The fraction of sp³-hybridized carbons (Fsp3) is 0.533. The molecule has 1 aromatic rings. The average molecular weight is 232 g/mol. The lowest BCUT2D eigenvalue weighted by Crippen LogP contribution is -1.99. The number of rotatable bonds is 2. The van der Waals surface area contributed by atoms with E-state index in [0.29, 0.717) is 11.5 Å². The van der Waals surface area contributed by atoms with Crippen LogP contribution in [0.4, 0.5) is 0 Å². The molecule has 1 aromatic carbocycles. The van der Waals surface area contributed by atoms with Gasteiger partial charge in [-0.3, -0.25) is 4.79 Å². The molecule has 0 radical (unpaired) electrons. The van der Waals surface area contributed by atoms with Crippen LogP contribution in [0.1, 0.15) is 60.9 Å². The molecular weight excluding hydrogens is 212 g/mol. The van der Waals surface area contributed by atoms with E-state index in [-0.39, 0.29) is 5.75 Å². The Morgan fingerprint density at radius 1 is 1.24 bits per heavy atom. The fourth-order valence-electron chi connectivity index (χ4n) is 2.78. The number of hydrogen-bond donors (Lipinski definition) is 1. The Morgan fingerprint density at radius 3 is 2.76 bits per heavy atom. The van der Waals surface area contributed by atoms with E-state index in [9.17, 15) is 9.90 Å². The number of aldehydes is 1. The first kappa shape index (κ1) is 12.2. The van der Waals surface area contributed by atoms with Gasteiger partial charge in [-0.25, -0.2) is 0 Å². The Balaban J connectivity index is 2.18. The third-order valence-electron chi connectivity index (χ3n) is 3.89. The van der Waals surface area contributed by atoms with Crippen LogP contribution in [-0.4, -0.2) is 11.4 Å². The van der Waals surface area contributed by atoms with Gasteiger partial charge in [0.25, 0.3) is 0 Å². The highest BCUT2D eigenvalue weighted by Gasteiger charge is 2.20. The number of phenolic OH excluding ortho intramolecular Hbond substituents is 1. The normalized spacial score (nSPS) is 25.2. The van der Waals surface area contributed by atoms with Crippen LogP contribution in [0.25, 0.3) is 0 Å². The summed E-state index contributed by atoms with van der Waals surface area (Å²) in [6, 6.07) is 5.30. The first-order valence-electron chi connectivity index (χ1n) is 6.49. The van der Waals surface area contributed by atoms with Crippen LogP contribution in [0, 0.1) is 5.92 Å². The maximum atomic E-state index is 10.6. The number of carbonyl (C=O) groups excluding carboxylic acids is 1. The fourth-order valence-corrected chi connectivity index (χ4v) is 2.78. The second-order valence-electron chi connectivity index (χ2n) is 5.25. The molecule has 1 saturated carbocycles. The standard InChI is InChI=1S/C15H20O2/c1-11-3-2-4-13(7-5-11)14-8-6-12(10-16)9-15(14)17/h6,8-11,13,17H,2-5,7H2,1H3. The highest BCUT2D eigenvalue weighted by molar-refractivity contribution is 5.75. The molecule has 1 aliphatic carbocycles. The third kappa shape index (κ3) is 2.87. The molecule has 0 bridgehead atoms. The quantitative estimate of drug-likeness (QED) is 0.620. The first-order chi connectivity index (χ1) is 8.20. The molecule has 2 atom stereocenters. The molecule has 2 unspecified atom stereocenters. The summed E-state index contributed by atoms with van der Waals surface area (Å²) in [5, 5.41) is 9.97. The molecule has 0 saturated heterocycles. The number of aromatic hydroxyl groups is 1. The van der Waals surface area contributed by atoms with Crippen molar-refractivity contribution >= 4 is 6.29 Å². The van der Waals surface area contributed by atoms with Crippen LogP contribution in [0.15, 0.2) is 18.2 Å². The van der Waals surface area contributed by atoms with Crippen molar-refractivity contribution in [3.05, 3.63) is 29.3 Å². The highest BCUT2D eigenvalue weighted by Crippen LogP contribution is 2.37. The lowest BCUT2D eigenvalue weighted by atomic mass is 9.90. The van der Waals surface area contributed by atoms with Gasteiger partial charge in [0.1, 0.15) is 12.0 Å². The summed E-state index contributed by atoms with van der Waals surface area (Å²) in [5.74, 6) is 1.55. The highest BCUT2D eigenvalue weighted by atomic mass is 16.3. The van der Waals surface area contributed by atoms with E-state index in [1.807, 2.05) is 6.07 Å². The Bertz CT molecular complexity index is 398. The van der Waals surface area contributed by atoms with Crippen LogP contribution in [-0.2, 0) is 0 Å². The summed E-state index contributed by atoms with van der Waals surface area (Å²) < 4.78 is 0. The van der Waals surface area contributed by atoms with Crippen molar-refractivity contribution < 1.29 is 9.90 Å². The van der Waals surface area contributed by atoms with Gasteiger partial charge in [0.15, 0.2) is 0 Å². The monoisotopic (exact) mass is 232 g/mol. The molecule has 1 fully saturated rings. The number of hydrogen-bond acceptors (Lipinski definition) is 2. The minimum absolute atomic E-state index is 0.286. The summed E-state index contributed by atoms with van der Waals surface area (Å²) in [6.45, 7) is 2.30. The zero-order valence-corrected chi connectivity index (χ0v) is 10.4. The van der Waals surface area contributed by atoms with Gasteiger partial charge >= 0.3 is 0 Å². The van der Waals surface area contributed by atoms with E-state index in [1.165, 1.54) is 19.3 Å². The number of phenols is 1. The summed E-state index contributed by atoms with van der Waals surface area (Å²) in [5.41, 5.74) is 1.57. The largest absolute Gasteiger partial charge is 0.508 e. The number of benzene rings is 1. The van der Waals surface area contributed by atoms with Crippen molar-refractivity contribution in [1.29, 1.82) is 0 Å². The maximum absolute atomic E-state index is 10.6. The van der Waals surface area contributed by atoms with Gasteiger partial charge in [-0.15, -0.1) is 0 Å². The minimum Gasteiger partial charge on any atom is -0.508 e. The summed E-state index contributed by atoms with van der Waals surface area (Å²) >= 11 is 0. The van der Waals surface area contributed by atoms with Gasteiger partial charge < -0.3 is 5.11 Å². The summed E-state index contributed by atoms with van der Waals surface area (Å²) in [6.07, 6.45) is 6.84. The third-order valence-corrected chi connectivity index (χ3v) is 3.89. The Morgan fingerprint density at radius 2 is 2.06 bits per heavy atom. The second kappa shape index (κ2) is 5.35. The van der Waals surface area contributed by atoms with E-state index < -0.39 is 0 Å². The molecule has 1 aliphatic rings. The SMILES string of the molecule is CC1CCCC(c2ccc(C=O)cc2O)CC1. The molecule has 0 heterocycles. The molecule has 0 aliphatic heterocycles. The molecule has 0 aromatic heterocycles. The van der Waals surface area contributed by atoms with Crippen molar-refractivity contribution in [3.8, 4) is 5.75 Å². The Labute approximate surface area is 103 Å². The van der Waals surface area contributed by atoms with E-state index in [1.54, 1.807) is 12.1 Å². The van der Waals surface area contributed by atoms with Crippen molar-refractivity contribution in [2.24, 2.45) is 5.92 Å². The van der Waals surface area contributed by atoms with Gasteiger partial charge in [0, 0.05) is 5.56 Å². The predicted molar refractivity (Wildman–Crippen MR) is 68.5 cm³/mol. The van der Waals surface area contributed by atoms with Crippen LogP contribution < -0.4 is 0 Å². The van der Waals surface area contributed by atoms with Crippen molar-refractivity contribution in [3.63, 3.8) is 0 Å². The topological polar surface area (TPSA) is 37.3 Å². The molecule has 2 rings (SSSR count). The molecule has 1 N–H and O–H groups in total. The van der Waals surface area contributed by atoms with Crippen molar-refractivity contribution in [2.45, 2.75) is 44.9 Å². The average Bonchev–Trinajstić information content (AvgIpc) is 2.54. The van der Waals surface area contributed by atoms with E-state index in [4.69, 9.17) is 0 Å². The molecule has 92 valence electrons. The molecule has 2 nitrogen and oxygen atoms in total. The van der Waals surface area contributed by atoms with Crippen molar-refractivity contribution in [2.75, 3.05) is 0 Å². The van der Waals surface area contributed by atoms with Gasteiger partial charge in [-0.2, -0.15) is 0 Å². The molecule has 17 heavy (non-hydrogen) atoms. The summed E-state index contributed by atoms with van der Waals surface area (Å²) in [7, 11) is 0. The van der Waals surface area contributed by atoms with Gasteiger partial charge in [-0.05, 0) is 36.3 Å². The lowest BCUT2D eigenvalue weighted by molar-refractivity contribution is 0.112. The van der Waals surface area contributed by atoms with Crippen LogP contribution in [0.3, 0.4) is 0 Å². The smallest absolute Gasteiger partial charge is 0.150 e. The van der Waals surface area contributed by atoms with Gasteiger partial charge in [0.05, 0.1) is 0 Å². The van der Waals surface area contributed by atoms with Crippen molar-refractivity contribution in [1.82, 2.24) is 0 Å². The summed E-state index contributed by atoms with van der Waals surface area (Å²) in [4.78, 5) is 10.6. The second-order valence-corrected chi connectivity index (χ2v) is 5.25. The number of carbonyl (C=O) groups is 1. The van der Waals surface area contributed by atoms with Crippen LogP contribution >= 0.6 is 0 Å². The lowest BCUT2D eigenvalue weighted by Gasteiger charge is -2.16. The zero-order valence-electron chi connectivity index (χ0n) is 10.4.